The Bertz CT molecular complexity index is 1230. The number of aliphatic hydroxyl groups excluding tert-OH is 6. The van der Waals surface area contributed by atoms with Crippen LogP contribution < -0.4 is 5.73 Å². The molecule has 4 rings (SSSR count). The highest BCUT2D eigenvalue weighted by Crippen LogP contribution is 2.59. The molecular formula is C17H27N5O14P2. The first kappa shape index (κ1) is 29.3. The molecule has 0 amide bonds. The van der Waals surface area contributed by atoms with Crippen LogP contribution in [0.1, 0.15) is 6.23 Å². The van der Waals surface area contributed by atoms with Crippen LogP contribution in [0.25, 0.3) is 11.2 Å². The zero-order chi connectivity index (χ0) is 28.0. The molecule has 38 heavy (non-hydrogen) atoms. The van der Waals surface area contributed by atoms with Gasteiger partial charge in [0.1, 0.15) is 54.6 Å². The molecule has 5 unspecified atom stereocenters. The number of hydrogen-bond donors (Lipinski definition) is 9. The van der Waals surface area contributed by atoms with Crippen LogP contribution in [0.5, 0.6) is 0 Å². The van der Waals surface area contributed by atoms with E-state index in [1.807, 2.05) is 0 Å². The molecule has 2 fully saturated rings. The van der Waals surface area contributed by atoms with Gasteiger partial charge in [0.15, 0.2) is 29.9 Å². The first-order chi connectivity index (χ1) is 17.7. The molecule has 2 aliphatic rings. The summed E-state index contributed by atoms with van der Waals surface area (Å²) in [4.78, 5) is 32.0. The molecule has 21 heteroatoms. The van der Waals surface area contributed by atoms with E-state index < -0.39 is 89.6 Å². The van der Waals surface area contributed by atoms with Gasteiger partial charge in [-0.2, -0.15) is 0 Å². The van der Waals surface area contributed by atoms with Crippen LogP contribution in [0, 0.1) is 0 Å². The van der Waals surface area contributed by atoms with Gasteiger partial charge < -0.3 is 60.2 Å². The van der Waals surface area contributed by atoms with Crippen LogP contribution in [0.4, 0.5) is 5.82 Å². The minimum atomic E-state index is -5.06. The third kappa shape index (κ3) is 5.91. The molecule has 2 aromatic heterocycles. The maximum Gasteiger partial charge on any atom is 0.342 e. The minimum Gasteiger partial charge on any atom is -0.394 e. The molecule has 0 saturated carbocycles. The van der Waals surface area contributed by atoms with Crippen molar-refractivity contribution < 1.29 is 68.1 Å². The fourth-order valence-corrected chi connectivity index (χ4v) is 7.24. The Hall–Kier alpha value is -1.67. The number of nitrogen functional groups attached to an aromatic ring is 1. The Morgan fingerprint density at radius 3 is 2.29 bits per heavy atom. The smallest absolute Gasteiger partial charge is 0.342 e. The van der Waals surface area contributed by atoms with Crippen molar-refractivity contribution >= 4 is 32.2 Å². The predicted octanol–water partition coefficient (Wildman–Crippen LogP) is -3.81. The summed E-state index contributed by atoms with van der Waals surface area (Å²) in [6.07, 6.45) is -12.6. The number of nitrogens with zero attached hydrogens (tertiary/aromatic N) is 4. The molecule has 0 aliphatic carbocycles. The highest BCUT2D eigenvalue weighted by atomic mass is 31.2. The van der Waals surface area contributed by atoms with Gasteiger partial charge in [0.2, 0.25) is 0 Å². The van der Waals surface area contributed by atoms with E-state index in [9.17, 15) is 49.6 Å². The predicted molar refractivity (Wildman–Crippen MR) is 121 cm³/mol. The number of nitrogens with two attached hydrogens (primary N) is 1. The molecule has 11 atom stereocenters. The molecule has 214 valence electrons. The number of ether oxygens (including phenoxy) is 2. The quantitative estimate of drug-likeness (QED) is 0.127. The third-order valence-corrected chi connectivity index (χ3v) is 9.86. The number of aromatic nitrogens is 4. The Kier molecular flexibility index (Phi) is 8.54. The Morgan fingerprint density at radius 1 is 0.921 bits per heavy atom. The van der Waals surface area contributed by atoms with Gasteiger partial charge in [-0.05, 0) is 0 Å². The fourth-order valence-electron chi connectivity index (χ4n) is 3.96. The summed E-state index contributed by atoms with van der Waals surface area (Å²) < 4.78 is 46.3. The minimum absolute atomic E-state index is 0.0576. The maximum absolute atomic E-state index is 12.5. The van der Waals surface area contributed by atoms with Crippen LogP contribution in [0.2, 0.25) is 0 Å². The van der Waals surface area contributed by atoms with E-state index >= 15 is 0 Å². The number of fused-ring (bicyclic) bond motifs is 1. The average Bonchev–Trinajstić information content (AvgIpc) is 3.39. The van der Waals surface area contributed by atoms with Crippen molar-refractivity contribution in [1.82, 2.24) is 19.5 Å². The highest BCUT2D eigenvalue weighted by molar-refractivity contribution is 7.70. The summed E-state index contributed by atoms with van der Waals surface area (Å²) in [5.74, 6) is -1.45. The number of hydrogen-bond acceptors (Lipinski definition) is 16. The second-order valence-corrected chi connectivity index (χ2v) is 12.8. The van der Waals surface area contributed by atoms with Crippen LogP contribution in [-0.4, -0.2) is 128 Å². The molecule has 10 N–H and O–H groups in total. The Morgan fingerprint density at radius 2 is 1.61 bits per heavy atom. The maximum atomic E-state index is 12.5. The molecule has 2 aromatic rings. The van der Waals surface area contributed by atoms with Gasteiger partial charge in [0, 0.05) is 0 Å². The van der Waals surface area contributed by atoms with E-state index in [-0.39, 0.29) is 17.0 Å². The third-order valence-electron chi connectivity index (χ3n) is 5.91. The van der Waals surface area contributed by atoms with Crippen molar-refractivity contribution in [1.29, 1.82) is 0 Å². The summed E-state index contributed by atoms with van der Waals surface area (Å²) in [5, 5.41) is 59.5. The molecule has 0 spiro atoms. The van der Waals surface area contributed by atoms with Gasteiger partial charge in [0.05, 0.1) is 19.5 Å². The normalized spacial score (nSPS) is 37.2. The standard InChI is InChI=1S/C17H27N5O14P2/c18-14-8-15(20-3-19-14)22(4-21-8)16-12(27)10(25)7(34-16)2-33-37(29,30)5-38(31,32)36-17-13(28)11(26)9(24)6(1-23)35-17/h3-4,6-7,9-13,16-17,23-28H,1-2,5H2,(H,29,30)(H,31,32)(H2,18,19,20)/t6?,7-,9-,10+,11+,12?,13?,16-,17+/m1/s1. The van der Waals surface area contributed by atoms with Crippen LogP contribution >= 0.6 is 15.2 Å². The highest BCUT2D eigenvalue weighted by Gasteiger charge is 2.49. The Labute approximate surface area is 213 Å². The number of anilines is 1. The van der Waals surface area contributed by atoms with Gasteiger partial charge in [-0.25, -0.2) is 15.0 Å². The summed E-state index contributed by atoms with van der Waals surface area (Å²) in [7, 11) is -10.0. The summed E-state index contributed by atoms with van der Waals surface area (Å²) in [6.45, 7) is -1.65. The zero-order valence-electron chi connectivity index (χ0n) is 19.3. The van der Waals surface area contributed by atoms with Crippen molar-refractivity contribution in [2.45, 2.75) is 55.2 Å². The second kappa shape index (κ2) is 11.1. The van der Waals surface area contributed by atoms with E-state index in [0.29, 0.717) is 0 Å². The largest absolute Gasteiger partial charge is 0.394 e. The monoisotopic (exact) mass is 587 g/mol. The lowest BCUT2D eigenvalue weighted by Gasteiger charge is -2.39. The molecule has 2 saturated heterocycles. The lowest BCUT2D eigenvalue weighted by Crippen LogP contribution is -2.58. The van der Waals surface area contributed by atoms with Gasteiger partial charge in [-0.15, -0.1) is 0 Å². The topological polar surface area (TPSA) is 303 Å². The summed E-state index contributed by atoms with van der Waals surface area (Å²) in [6, 6.07) is 0. The molecule has 19 nitrogen and oxygen atoms in total. The first-order valence-corrected chi connectivity index (χ1v) is 14.5. The van der Waals surface area contributed by atoms with Crippen molar-refractivity contribution in [3.05, 3.63) is 12.7 Å². The van der Waals surface area contributed by atoms with Crippen molar-refractivity contribution in [3.63, 3.8) is 0 Å². The van der Waals surface area contributed by atoms with Crippen molar-refractivity contribution in [2.24, 2.45) is 0 Å². The van der Waals surface area contributed by atoms with E-state index in [0.717, 1.165) is 6.33 Å². The second-order valence-electron chi connectivity index (χ2n) is 8.64. The summed E-state index contributed by atoms with van der Waals surface area (Å²) in [5.41, 5.74) is 6.11. The van der Waals surface area contributed by atoms with E-state index in [1.54, 1.807) is 0 Å². The van der Waals surface area contributed by atoms with Crippen molar-refractivity contribution in [3.8, 4) is 0 Å². The van der Waals surface area contributed by atoms with E-state index in [4.69, 9.17) is 24.3 Å². The number of imidazole rings is 1. The zero-order valence-corrected chi connectivity index (χ0v) is 21.0. The lowest BCUT2D eigenvalue weighted by molar-refractivity contribution is -0.278. The number of rotatable bonds is 9. The van der Waals surface area contributed by atoms with Crippen LogP contribution in [0.15, 0.2) is 12.7 Å². The lowest BCUT2D eigenvalue weighted by atomic mass is 10.00. The van der Waals surface area contributed by atoms with Gasteiger partial charge in [-0.3, -0.25) is 18.2 Å². The van der Waals surface area contributed by atoms with Crippen LogP contribution in [-0.2, 0) is 27.7 Å². The molecule has 0 bridgehead atoms. The molecule has 0 radical (unpaired) electrons. The molecule has 4 heterocycles. The van der Waals surface area contributed by atoms with Gasteiger partial charge >= 0.3 is 15.2 Å². The summed E-state index contributed by atoms with van der Waals surface area (Å²) >= 11 is 0. The van der Waals surface area contributed by atoms with Gasteiger partial charge in [0.25, 0.3) is 0 Å². The SMILES string of the molecule is Nc1ncnc2c1ncn2[C@@H]1O[C@H](COP(=O)(O)CP(=O)(O)O[C@@H]2OC(CO)[C@@H](O)[C@H](O)C2O)[C@H](O)C1O. The number of aliphatic hydroxyl groups is 6. The first-order valence-electron chi connectivity index (χ1n) is 11.0. The molecule has 0 aromatic carbocycles. The Balaban J connectivity index is 1.38. The average molecular weight is 587 g/mol. The van der Waals surface area contributed by atoms with Crippen LogP contribution in [0.3, 0.4) is 0 Å². The molecular weight excluding hydrogens is 560 g/mol. The van der Waals surface area contributed by atoms with E-state index in [1.165, 1.54) is 10.9 Å². The van der Waals surface area contributed by atoms with Crippen molar-refractivity contribution in [2.75, 3.05) is 24.9 Å². The van der Waals surface area contributed by atoms with Gasteiger partial charge in [-0.1, -0.05) is 0 Å². The molecule has 2 aliphatic heterocycles. The fraction of sp³-hybridized carbons (Fsp3) is 0.706. The van der Waals surface area contributed by atoms with E-state index in [2.05, 4.69) is 15.0 Å².